The second-order valence-corrected chi connectivity index (χ2v) is 7.57. The van der Waals surface area contributed by atoms with Crippen LogP contribution in [-0.2, 0) is 16.1 Å². The largest absolute Gasteiger partial charge is 0.457 e. The van der Waals surface area contributed by atoms with Crippen LogP contribution in [0.3, 0.4) is 0 Å². The minimum absolute atomic E-state index is 0.0275. The van der Waals surface area contributed by atoms with Crippen molar-refractivity contribution in [1.82, 2.24) is 5.32 Å². The quantitative estimate of drug-likeness (QED) is 0.571. The van der Waals surface area contributed by atoms with E-state index in [9.17, 15) is 9.59 Å². The number of rotatable bonds is 7. The molecule has 3 atom stereocenters. The van der Waals surface area contributed by atoms with Crippen molar-refractivity contribution in [3.05, 3.63) is 30.1 Å². The van der Waals surface area contributed by atoms with Crippen LogP contribution in [0.2, 0.25) is 0 Å². The Kier molecular flexibility index (Phi) is 7.57. The normalized spacial score (nSPS) is 22.9. The number of aliphatic hydroxyl groups is 1. The second kappa shape index (κ2) is 9.67. The molecule has 1 aliphatic carbocycles. The van der Waals surface area contributed by atoms with E-state index in [-0.39, 0.29) is 37.7 Å². The molecule has 1 heterocycles. The van der Waals surface area contributed by atoms with Gasteiger partial charge in [-0.15, -0.1) is 0 Å². The van der Waals surface area contributed by atoms with E-state index < -0.39 is 0 Å². The molecule has 1 aromatic rings. The summed E-state index contributed by atoms with van der Waals surface area (Å²) in [5.41, 5.74) is 0.444. The molecule has 2 N–H and O–H groups in total. The summed E-state index contributed by atoms with van der Waals surface area (Å²) in [5, 5.41) is 11.4. The van der Waals surface area contributed by atoms with Crippen LogP contribution in [0.1, 0.15) is 50.4 Å². The predicted molar refractivity (Wildman–Crippen MR) is 97.3 cm³/mol. The van der Waals surface area contributed by atoms with Gasteiger partial charge in [-0.1, -0.05) is 20.8 Å². The second-order valence-electron chi connectivity index (χ2n) is 7.57. The van der Waals surface area contributed by atoms with Crippen molar-refractivity contribution >= 4 is 11.9 Å². The molecule has 0 aromatic carbocycles. The third kappa shape index (κ3) is 5.80. The Hall–Kier alpha value is -1.95. The van der Waals surface area contributed by atoms with Gasteiger partial charge in [0.1, 0.15) is 11.7 Å². The van der Waals surface area contributed by atoms with Crippen molar-refractivity contribution in [3.63, 3.8) is 0 Å². The lowest BCUT2D eigenvalue weighted by Gasteiger charge is -2.35. The van der Waals surface area contributed by atoms with Crippen LogP contribution in [0.25, 0.3) is 0 Å². The molecular formula is C20H31N2O4+. The number of nitrogens with zero attached hydrogens (tertiary/aromatic N) is 1. The molecule has 0 aliphatic heterocycles. The maximum Gasteiger partial charge on any atom is 0.372 e. The molecule has 1 fully saturated rings. The molecule has 1 amide bonds. The van der Waals surface area contributed by atoms with Gasteiger partial charge in [-0.25, -0.2) is 4.79 Å². The highest BCUT2D eigenvalue weighted by Gasteiger charge is 2.32. The van der Waals surface area contributed by atoms with Gasteiger partial charge < -0.3 is 15.2 Å². The number of aromatic nitrogens is 1. The monoisotopic (exact) mass is 363 g/mol. The Morgan fingerprint density at radius 2 is 2.15 bits per heavy atom. The van der Waals surface area contributed by atoms with Crippen LogP contribution in [0.15, 0.2) is 24.5 Å². The first-order valence-electron chi connectivity index (χ1n) is 9.48. The van der Waals surface area contributed by atoms with Gasteiger partial charge in [-0.2, -0.15) is 4.57 Å². The van der Waals surface area contributed by atoms with Crippen LogP contribution >= 0.6 is 0 Å². The Balaban J connectivity index is 1.93. The third-order valence-electron chi connectivity index (χ3n) is 5.22. The number of nitrogens with one attached hydrogen (secondary N) is 1. The van der Waals surface area contributed by atoms with E-state index in [0.717, 1.165) is 12.8 Å². The summed E-state index contributed by atoms with van der Waals surface area (Å²) < 4.78 is 7.42. The molecule has 26 heavy (non-hydrogen) atoms. The van der Waals surface area contributed by atoms with Gasteiger partial charge in [0.05, 0.1) is 6.61 Å². The lowest BCUT2D eigenvalue weighted by atomic mass is 9.76. The number of pyridine rings is 1. The molecular weight excluding hydrogens is 332 g/mol. The molecule has 6 heteroatoms. The Labute approximate surface area is 155 Å². The van der Waals surface area contributed by atoms with E-state index >= 15 is 0 Å². The average Bonchev–Trinajstić information content (AvgIpc) is 2.61. The summed E-state index contributed by atoms with van der Waals surface area (Å²) in [7, 11) is 0. The van der Waals surface area contributed by atoms with Crippen LogP contribution in [0.4, 0.5) is 0 Å². The Morgan fingerprint density at radius 1 is 1.38 bits per heavy atom. The van der Waals surface area contributed by atoms with Gasteiger partial charge in [0, 0.05) is 12.6 Å². The summed E-state index contributed by atoms with van der Waals surface area (Å²) in [6.07, 6.45) is 6.56. The van der Waals surface area contributed by atoms with Gasteiger partial charge in [-0.3, -0.25) is 4.79 Å². The number of carbonyl (C=O) groups excluding carboxylic acids is 2. The van der Waals surface area contributed by atoms with Crippen molar-refractivity contribution in [2.45, 2.75) is 52.7 Å². The lowest BCUT2D eigenvalue weighted by Crippen LogP contribution is -2.42. The van der Waals surface area contributed by atoms with Crippen molar-refractivity contribution < 1.29 is 24.0 Å². The number of carbonyl (C=O) groups is 2. The zero-order chi connectivity index (χ0) is 19.1. The fraction of sp³-hybridized carbons (Fsp3) is 0.650. The molecule has 0 unspecified atom stereocenters. The zero-order valence-corrected chi connectivity index (χ0v) is 16.0. The molecule has 0 bridgehead atoms. The lowest BCUT2D eigenvalue weighted by molar-refractivity contribution is -0.686. The number of hydrogen-bond donors (Lipinski definition) is 2. The summed E-state index contributed by atoms with van der Waals surface area (Å²) in [6, 6.07) is 3.39. The summed E-state index contributed by atoms with van der Waals surface area (Å²) in [5.74, 6) is 1.04. The van der Waals surface area contributed by atoms with Crippen molar-refractivity contribution in [2.24, 2.45) is 17.8 Å². The summed E-state index contributed by atoms with van der Waals surface area (Å²) >= 11 is 0. The molecule has 0 spiro atoms. The highest BCUT2D eigenvalue weighted by atomic mass is 16.5. The molecule has 1 aliphatic rings. The smallest absolute Gasteiger partial charge is 0.372 e. The van der Waals surface area contributed by atoms with Crippen molar-refractivity contribution in [3.8, 4) is 0 Å². The standard InChI is InChI=1S/C20H30N2O4/c1-14(2)16-7-6-15(3)18(11-16)26-19(24)13-22-9-4-5-17(12-22)20(25)21-8-10-23/h4-5,9,12,14-16,18,23H,6-8,10-11,13H2,1-3H3/p+1/t15-,16-,18-/m1/s1. The van der Waals surface area contributed by atoms with Gasteiger partial charge in [0.25, 0.3) is 5.91 Å². The minimum Gasteiger partial charge on any atom is -0.457 e. The Bertz CT molecular complexity index is 618. The number of hydrogen-bond acceptors (Lipinski definition) is 4. The molecule has 0 radical (unpaired) electrons. The first-order valence-corrected chi connectivity index (χ1v) is 9.48. The summed E-state index contributed by atoms with van der Waals surface area (Å²) in [4.78, 5) is 24.3. The van der Waals surface area contributed by atoms with Crippen LogP contribution in [-0.4, -0.2) is 36.2 Å². The molecule has 144 valence electrons. The first-order chi connectivity index (χ1) is 12.4. The predicted octanol–water partition coefficient (Wildman–Crippen LogP) is 1.70. The van der Waals surface area contributed by atoms with E-state index in [1.54, 1.807) is 29.1 Å². The molecule has 0 saturated heterocycles. The summed E-state index contributed by atoms with van der Waals surface area (Å²) in [6.45, 7) is 6.77. The van der Waals surface area contributed by atoms with Gasteiger partial charge in [0.15, 0.2) is 12.4 Å². The number of amides is 1. The Morgan fingerprint density at radius 3 is 2.85 bits per heavy atom. The third-order valence-corrected chi connectivity index (χ3v) is 5.22. The molecule has 2 rings (SSSR count). The average molecular weight is 363 g/mol. The van der Waals surface area contributed by atoms with Crippen LogP contribution in [0, 0.1) is 17.8 Å². The fourth-order valence-corrected chi connectivity index (χ4v) is 3.46. The van der Waals surface area contributed by atoms with Gasteiger partial charge in [-0.05, 0) is 43.1 Å². The SMILES string of the molecule is CC(C)[C@@H]1CC[C@@H](C)[C@H](OC(=O)C[n+]2cccc(C(=O)NCCO)c2)C1. The van der Waals surface area contributed by atoms with Gasteiger partial charge >= 0.3 is 5.97 Å². The molecule has 1 saturated carbocycles. The zero-order valence-electron chi connectivity index (χ0n) is 16.0. The maximum atomic E-state index is 12.4. The van der Waals surface area contributed by atoms with E-state index in [0.29, 0.717) is 23.3 Å². The van der Waals surface area contributed by atoms with Gasteiger partial charge in [0.2, 0.25) is 6.54 Å². The number of esters is 1. The first kappa shape index (κ1) is 20.4. The highest BCUT2D eigenvalue weighted by Crippen LogP contribution is 2.34. The fourth-order valence-electron chi connectivity index (χ4n) is 3.46. The highest BCUT2D eigenvalue weighted by molar-refractivity contribution is 5.93. The minimum atomic E-state index is -0.276. The molecule has 6 nitrogen and oxygen atoms in total. The van der Waals surface area contributed by atoms with E-state index in [1.807, 2.05) is 0 Å². The van der Waals surface area contributed by atoms with Crippen LogP contribution < -0.4 is 9.88 Å². The van der Waals surface area contributed by atoms with E-state index in [2.05, 4.69) is 26.1 Å². The van der Waals surface area contributed by atoms with E-state index in [1.165, 1.54) is 6.42 Å². The van der Waals surface area contributed by atoms with Crippen LogP contribution in [0.5, 0.6) is 0 Å². The van der Waals surface area contributed by atoms with Crippen molar-refractivity contribution in [2.75, 3.05) is 13.2 Å². The van der Waals surface area contributed by atoms with Crippen molar-refractivity contribution in [1.29, 1.82) is 0 Å². The maximum absolute atomic E-state index is 12.4. The topological polar surface area (TPSA) is 79.5 Å². The number of aliphatic hydroxyl groups excluding tert-OH is 1. The molecule has 1 aromatic heterocycles. The number of ether oxygens (including phenoxy) is 1. The van der Waals surface area contributed by atoms with E-state index in [4.69, 9.17) is 9.84 Å².